The minimum Gasteiger partial charge on any atom is -0.381 e. The molecule has 1 saturated heterocycles. The Balaban J connectivity index is 1.57. The SMILES string of the molecule is Cc1nn(-c2ccccc2)nc1C(=O)N(CC1CCOC1)C1CC1. The number of hydrogen-bond acceptors (Lipinski definition) is 4. The van der Waals surface area contributed by atoms with Crippen molar-refractivity contribution in [1.29, 1.82) is 0 Å². The van der Waals surface area contributed by atoms with Crippen LogP contribution >= 0.6 is 0 Å². The van der Waals surface area contributed by atoms with Crippen LogP contribution in [-0.4, -0.2) is 51.6 Å². The van der Waals surface area contributed by atoms with Gasteiger partial charge in [-0.1, -0.05) is 18.2 Å². The molecule has 0 N–H and O–H groups in total. The second-order valence-corrected chi connectivity index (χ2v) is 6.68. The standard InChI is InChI=1S/C18H22N4O2/c1-13-17(20-22(19-13)16-5-3-2-4-6-16)18(23)21(15-7-8-15)11-14-9-10-24-12-14/h2-6,14-15H,7-12H2,1H3. The van der Waals surface area contributed by atoms with Gasteiger partial charge < -0.3 is 9.64 Å². The normalized spacial score (nSPS) is 20.3. The number of rotatable bonds is 5. The highest BCUT2D eigenvalue weighted by atomic mass is 16.5. The summed E-state index contributed by atoms with van der Waals surface area (Å²) in [4.78, 5) is 16.6. The average Bonchev–Trinajstić information content (AvgIpc) is 3.17. The lowest BCUT2D eigenvalue weighted by Crippen LogP contribution is -2.38. The van der Waals surface area contributed by atoms with Gasteiger partial charge in [-0.15, -0.1) is 5.10 Å². The molecule has 4 rings (SSSR count). The molecule has 1 unspecified atom stereocenters. The quantitative estimate of drug-likeness (QED) is 0.845. The topological polar surface area (TPSA) is 60.2 Å². The summed E-state index contributed by atoms with van der Waals surface area (Å²) in [5.41, 5.74) is 2.00. The molecule has 0 radical (unpaired) electrons. The Kier molecular flexibility index (Phi) is 4.06. The second kappa shape index (κ2) is 6.36. The molecule has 1 aromatic heterocycles. The monoisotopic (exact) mass is 326 g/mol. The summed E-state index contributed by atoms with van der Waals surface area (Å²) in [5, 5.41) is 8.90. The average molecular weight is 326 g/mol. The third kappa shape index (κ3) is 3.06. The van der Waals surface area contributed by atoms with Crippen LogP contribution in [0.15, 0.2) is 30.3 Å². The van der Waals surface area contributed by atoms with Crippen LogP contribution in [0, 0.1) is 12.8 Å². The van der Waals surface area contributed by atoms with Gasteiger partial charge in [0.15, 0.2) is 5.69 Å². The second-order valence-electron chi connectivity index (χ2n) is 6.68. The van der Waals surface area contributed by atoms with E-state index in [1.54, 1.807) is 4.80 Å². The van der Waals surface area contributed by atoms with E-state index in [-0.39, 0.29) is 5.91 Å². The van der Waals surface area contributed by atoms with Crippen LogP contribution in [0.4, 0.5) is 0 Å². The van der Waals surface area contributed by atoms with Gasteiger partial charge in [0.2, 0.25) is 0 Å². The number of para-hydroxylation sites is 1. The molecule has 2 aliphatic rings. The first kappa shape index (κ1) is 15.3. The van der Waals surface area contributed by atoms with E-state index in [2.05, 4.69) is 10.2 Å². The minimum atomic E-state index is 0.00378. The first-order valence-corrected chi connectivity index (χ1v) is 8.60. The third-order valence-corrected chi connectivity index (χ3v) is 4.70. The number of carbonyl (C=O) groups is 1. The van der Waals surface area contributed by atoms with E-state index in [1.165, 1.54) is 0 Å². The lowest BCUT2D eigenvalue weighted by atomic mass is 10.1. The van der Waals surface area contributed by atoms with E-state index < -0.39 is 0 Å². The van der Waals surface area contributed by atoms with Gasteiger partial charge in [0.25, 0.3) is 5.91 Å². The van der Waals surface area contributed by atoms with Crippen LogP contribution in [-0.2, 0) is 4.74 Å². The van der Waals surface area contributed by atoms with Crippen molar-refractivity contribution < 1.29 is 9.53 Å². The zero-order valence-electron chi connectivity index (χ0n) is 13.9. The van der Waals surface area contributed by atoms with Gasteiger partial charge >= 0.3 is 0 Å². The summed E-state index contributed by atoms with van der Waals surface area (Å²) >= 11 is 0. The fourth-order valence-electron chi connectivity index (χ4n) is 3.18. The molecule has 1 aliphatic heterocycles. The molecular weight excluding hydrogens is 304 g/mol. The van der Waals surface area contributed by atoms with Crippen LogP contribution in [0.5, 0.6) is 0 Å². The first-order chi connectivity index (χ1) is 11.7. The fraction of sp³-hybridized carbons (Fsp3) is 0.500. The predicted octanol–water partition coefficient (Wildman–Crippen LogP) is 2.22. The molecule has 24 heavy (non-hydrogen) atoms. The minimum absolute atomic E-state index is 0.00378. The molecule has 1 saturated carbocycles. The van der Waals surface area contributed by atoms with Gasteiger partial charge in [0, 0.05) is 25.1 Å². The van der Waals surface area contributed by atoms with Crippen molar-refractivity contribution in [3.63, 3.8) is 0 Å². The molecule has 6 nitrogen and oxygen atoms in total. The number of hydrogen-bond donors (Lipinski definition) is 0. The summed E-state index contributed by atoms with van der Waals surface area (Å²) in [6.07, 6.45) is 3.21. The van der Waals surface area contributed by atoms with Crippen molar-refractivity contribution in [2.24, 2.45) is 5.92 Å². The van der Waals surface area contributed by atoms with Crippen molar-refractivity contribution in [2.45, 2.75) is 32.2 Å². The summed E-state index contributed by atoms with van der Waals surface area (Å²) in [5.74, 6) is 0.447. The Morgan fingerprint density at radius 2 is 2.04 bits per heavy atom. The van der Waals surface area contributed by atoms with E-state index in [0.717, 1.165) is 44.7 Å². The molecule has 2 fully saturated rings. The van der Waals surface area contributed by atoms with Crippen molar-refractivity contribution in [1.82, 2.24) is 19.9 Å². The number of nitrogens with zero attached hydrogens (tertiary/aromatic N) is 4. The lowest BCUT2D eigenvalue weighted by Gasteiger charge is -2.24. The molecule has 126 valence electrons. The summed E-state index contributed by atoms with van der Waals surface area (Å²) in [6.45, 7) is 4.18. The van der Waals surface area contributed by atoms with Crippen LogP contribution in [0.3, 0.4) is 0 Å². The Labute approximate surface area is 141 Å². The van der Waals surface area contributed by atoms with E-state index >= 15 is 0 Å². The van der Waals surface area contributed by atoms with Gasteiger partial charge in [-0.25, -0.2) is 0 Å². The van der Waals surface area contributed by atoms with Gasteiger partial charge in [0.05, 0.1) is 18.0 Å². The lowest BCUT2D eigenvalue weighted by molar-refractivity contribution is 0.0699. The predicted molar refractivity (Wildman–Crippen MR) is 89.1 cm³/mol. The summed E-state index contributed by atoms with van der Waals surface area (Å²) in [6, 6.07) is 10.0. The molecule has 1 aliphatic carbocycles. The van der Waals surface area contributed by atoms with Crippen molar-refractivity contribution in [2.75, 3.05) is 19.8 Å². The van der Waals surface area contributed by atoms with Crippen molar-refractivity contribution in [3.05, 3.63) is 41.7 Å². The number of ether oxygens (including phenoxy) is 1. The van der Waals surface area contributed by atoms with E-state index in [4.69, 9.17) is 4.74 Å². The Bertz CT molecular complexity index is 718. The number of benzene rings is 1. The van der Waals surface area contributed by atoms with Crippen LogP contribution in [0.25, 0.3) is 5.69 Å². The largest absolute Gasteiger partial charge is 0.381 e. The van der Waals surface area contributed by atoms with Crippen molar-refractivity contribution >= 4 is 5.91 Å². The Hall–Kier alpha value is -2.21. The first-order valence-electron chi connectivity index (χ1n) is 8.60. The zero-order valence-corrected chi connectivity index (χ0v) is 13.9. The molecule has 1 aromatic carbocycles. The van der Waals surface area contributed by atoms with Gasteiger partial charge in [-0.05, 0) is 38.3 Å². The van der Waals surface area contributed by atoms with Gasteiger partial charge in [0.1, 0.15) is 0 Å². The maximum atomic E-state index is 13.0. The van der Waals surface area contributed by atoms with Crippen LogP contribution in [0.2, 0.25) is 0 Å². The fourth-order valence-corrected chi connectivity index (χ4v) is 3.18. The molecule has 6 heteroatoms. The maximum Gasteiger partial charge on any atom is 0.276 e. The summed E-state index contributed by atoms with van der Waals surface area (Å²) in [7, 11) is 0. The van der Waals surface area contributed by atoms with E-state index in [0.29, 0.717) is 23.3 Å². The highest BCUT2D eigenvalue weighted by Gasteiger charge is 2.36. The Morgan fingerprint density at radius 3 is 2.71 bits per heavy atom. The molecule has 1 atom stereocenters. The van der Waals surface area contributed by atoms with E-state index in [1.807, 2.05) is 42.2 Å². The zero-order chi connectivity index (χ0) is 16.5. The molecule has 2 heterocycles. The number of aromatic nitrogens is 3. The van der Waals surface area contributed by atoms with E-state index in [9.17, 15) is 4.79 Å². The molecule has 0 bridgehead atoms. The van der Waals surface area contributed by atoms with Gasteiger partial charge in [-0.2, -0.15) is 9.90 Å². The van der Waals surface area contributed by atoms with Crippen molar-refractivity contribution in [3.8, 4) is 5.69 Å². The summed E-state index contributed by atoms with van der Waals surface area (Å²) < 4.78 is 5.46. The highest BCUT2D eigenvalue weighted by Crippen LogP contribution is 2.30. The van der Waals surface area contributed by atoms with Gasteiger partial charge in [-0.3, -0.25) is 4.79 Å². The number of carbonyl (C=O) groups excluding carboxylic acids is 1. The molecule has 1 amide bonds. The maximum absolute atomic E-state index is 13.0. The molecule has 0 spiro atoms. The smallest absolute Gasteiger partial charge is 0.276 e. The van der Waals surface area contributed by atoms with Crippen LogP contribution < -0.4 is 0 Å². The highest BCUT2D eigenvalue weighted by molar-refractivity contribution is 5.93. The molecular formula is C18H22N4O2. The third-order valence-electron chi connectivity index (χ3n) is 4.70. The number of amides is 1. The van der Waals surface area contributed by atoms with Crippen LogP contribution in [0.1, 0.15) is 35.4 Å². The number of aryl methyl sites for hydroxylation is 1. The molecule has 2 aromatic rings. The Morgan fingerprint density at radius 1 is 1.25 bits per heavy atom.